The second kappa shape index (κ2) is 10.4. The van der Waals surface area contributed by atoms with Gasteiger partial charge in [0, 0.05) is 43.6 Å². The Kier molecular flexibility index (Phi) is 7.81. The number of nitrogens with one attached hydrogen (secondary N) is 2. The first-order chi connectivity index (χ1) is 16.0. The molecule has 2 amide bonds. The Labute approximate surface area is 207 Å². The van der Waals surface area contributed by atoms with Gasteiger partial charge in [-0.25, -0.2) is 9.78 Å². The van der Waals surface area contributed by atoms with Crippen molar-refractivity contribution in [3.05, 3.63) is 57.6 Å². The third-order valence-electron chi connectivity index (χ3n) is 5.31. The van der Waals surface area contributed by atoms with E-state index in [-0.39, 0.29) is 29.3 Å². The third-order valence-corrected chi connectivity index (χ3v) is 5.70. The molecule has 0 spiro atoms. The molecule has 0 bridgehead atoms. The maximum absolute atomic E-state index is 12.6. The van der Waals surface area contributed by atoms with Crippen LogP contribution in [0.4, 0.5) is 22.0 Å². The Hall–Kier alpha value is -3.14. The molecule has 1 fully saturated rings. The van der Waals surface area contributed by atoms with E-state index in [1.165, 1.54) is 10.6 Å². The zero-order valence-corrected chi connectivity index (χ0v) is 21.4. The number of anilines is 3. The Bertz CT molecular complexity index is 1160. The number of rotatable bonds is 5. The van der Waals surface area contributed by atoms with Crippen LogP contribution in [0.3, 0.4) is 0 Å². The predicted molar refractivity (Wildman–Crippen MR) is 136 cm³/mol. The van der Waals surface area contributed by atoms with Crippen LogP contribution in [-0.2, 0) is 16.6 Å². The number of carbonyl (C=O) groups excluding carboxylic acids is 2. The summed E-state index contributed by atoms with van der Waals surface area (Å²) in [6.45, 7) is 10.2. The Balaban J connectivity index is 1.90. The van der Waals surface area contributed by atoms with E-state index in [0.717, 1.165) is 18.4 Å². The van der Waals surface area contributed by atoms with Crippen LogP contribution in [0.2, 0.25) is 0 Å². The highest BCUT2D eigenvalue weighted by Gasteiger charge is 2.29. The van der Waals surface area contributed by atoms with Crippen molar-refractivity contribution in [1.82, 2.24) is 14.5 Å². The van der Waals surface area contributed by atoms with E-state index in [1.807, 2.05) is 32.9 Å². The van der Waals surface area contributed by atoms with Crippen molar-refractivity contribution < 1.29 is 14.3 Å². The average molecular weight is 532 g/mol. The van der Waals surface area contributed by atoms with Gasteiger partial charge in [-0.05, 0) is 73.3 Å². The SMILES string of the molecule is C=CC(=O)Nc1cc(Nc2nc(Br)cn(C)c2=O)ccc1[C@@H]1CCCN(C(=O)OC(C)(C)C)C1. The van der Waals surface area contributed by atoms with E-state index in [1.54, 1.807) is 24.2 Å². The van der Waals surface area contributed by atoms with Crippen LogP contribution in [0, 0.1) is 0 Å². The van der Waals surface area contributed by atoms with Crippen LogP contribution in [0.15, 0.2) is 46.4 Å². The van der Waals surface area contributed by atoms with Crippen molar-refractivity contribution >= 4 is 45.1 Å². The number of carbonyl (C=O) groups is 2. The predicted octanol–water partition coefficient (Wildman–Crippen LogP) is 4.53. The van der Waals surface area contributed by atoms with Gasteiger partial charge < -0.3 is 24.8 Å². The molecule has 0 saturated carbocycles. The van der Waals surface area contributed by atoms with E-state index in [2.05, 4.69) is 38.1 Å². The van der Waals surface area contributed by atoms with Crippen LogP contribution in [-0.4, -0.2) is 45.1 Å². The van der Waals surface area contributed by atoms with Crippen molar-refractivity contribution in [3.63, 3.8) is 0 Å². The van der Waals surface area contributed by atoms with Crippen molar-refractivity contribution in [2.45, 2.75) is 45.1 Å². The van der Waals surface area contributed by atoms with Gasteiger partial charge in [-0.15, -0.1) is 0 Å². The van der Waals surface area contributed by atoms with E-state index >= 15 is 0 Å². The summed E-state index contributed by atoms with van der Waals surface area (Å²) in [5, 5.41) is 5.89. The molecule has 2 heterocycles. The molecular formula is C24H30BrN5O4. The molecule has 0 aliphatic carbocycles. The quantitative estimate of drug-likeness (QED) is 0.549. The van der Waals surface area contributed by atoms with Gasteiger partial charge in [-0.3, -0.25) is 9.59 Å². The summed E-state index contributed by atoms with van der Waals surface area (Å²) in [5.74, 6) is -0.193. The molecule has 0 unspecified atom stereocenters. The molecule has 1 atom stereocenters. The van der Waals surface area contributed by atoms with E-state index in [0.29, 0.717) is 29.1 Å². The highest BCUT2D eigenvalue weighted by atomic mass is 79.9. The fourth-order valence-corrected chi connectivity index (χ4v) is 4.28. The monoisotopic (exact) mass is 531 g/mol. The lowest BCUT2D eigenvalue weighted by atomic mass is 9.89. The number of ether oxygens (including phenoxy) is 1. The molecule has 1 aliphatic rings. The first-order valence-electron chi connectivity index (χ1n) is 11.0. The van der Waals surface area contributed by atoms with E-state index in [9.17, 15) is 14.4 Å². The third kappa shape index (κ3) is 6.47. The van der Waals surface area contributed by atoms with Crippen molar-refractivity contribution in [2.24, 2.45) is 7.05 Å². The number of hydrogen-bond acceptors (Lipinski definition) is 6. The van der Waals surface area contributed by atoms with E-state index < -0.39 is 5.60 Å². The number of likely N-dealkylation sites (tertiary alicyclic amines) is 1. The maximum Gasteiger partial charge on any atom is 0.410 e. The number of hydrogen-bond donors (Lipinski definition) is 2. The molecule has 9 nitrogen and oxygen atoms in total. The van der Waals surface area contributed by atoms with Gasteiger partial charge in [0.05, 0.1) is 0 Å². The number of aryl methyl sites for hydroxylation is 1. The number of benzene rings is 1. The van der Waals surface area contributed by atoms with Crippen molar-refractivity contribution in [1.29, 1.82) is 0 Å². The molecule has 2 N–H and O–H groups in total. The first kappa shape index (κ1) is 25.5. The highest BCUT2D eigenvalue weighted by molar-refractivity contribution is 9.10. The molecular weight excluding hydrogens is 502 g/mol. The lowest BCUT2D eigenvalue weighted by Gasteiger charge is -2.35. The molecule has 1 saturated heterocycles. The molecule has 10 heteroatoms. The van der Waals surface area contributed by atoms with Gasteiger partial charge in [-0.1, -0.05) is 12.6 Å². The summed E-state index contributed by atoms with van der Waals surface area (Å²) in [4.78, 5) is 43.1. The van der Waals surface area contributed by atoms with Crippen LogP contribution >= 0.6 is 15.9 Å². The summed E-state index contributed by atoms with van der Waals surface area (Å²) in [5.41, 5.74) is 1.20. The zero-order chi connectivity index (χ0) is 25.0. The van der Waals surface area contributed by atoms with Crippen LogP contribution in [0.1, 0.15) is 45.1 Å². The number of nitrogens with zero attached hydrogens (tertiary/aromatic N) is 3. The second-order valence-corrected chi connectivity index (χ2v) is 10.0. The summed E-state index contributed by atoms with van der Waals surface area (Å²) >= 11 is 3.29. The van der Waals surface area contributed by atoms with Gasteiger partial charge in [-0.2, -0.15) is 0 Å². The van der Waals surface area contributed by atoms with Crippen LogP contribution in [0.5, 0.6) is 0 Å². The number of aromatic nitrogens is 2. The number of piperidine rings is 1. The first-order valence-corrected chi connectivity index (χ1v) is 11.8. The molecule has 3 rings (SSSR count). The standard InChI is InChI=1S/C24H30BrN5O4/c1-6-20(31)27-18-12-16(26-21-22(32)29(5)14-19(25)28-21)9-10-17(18)15-8-7-11-30(13-15)23(33)34-24(2,3)4/h6,9-10,12,14-15H,1,7-8,11,13H2,2-5H3,(H,26,28)(H,27,31)/t15-/m1/s1. The minimum Gasteiger partial charge on any atom is -0.444 e. The molecule has 34 heavy (non-hydrogen) atoms. The number of halogens is 1. The minimum atomic E-state index is -0.571. The molecule has 1 aromatic carbocycles. The fraction of sp³-hybridized carbons (Fsp3) is 0.417. The Morgan fingerprint density at radius 2 is 2.06 bits per heavy atom. The summed E-state index contributed by atoms with van der Waals surface area (Å²) in [6.07, 6.45) is 4.10. The minimum absolute atomic E-state index is 0.00676. The normalized spacial score (nSPS) is 16.0. The van der Waals surface area contributed by atoms with Gasteiger partial charge in [0.1, 0.15) is 10.2 Å². The number of amides is 2. The van der Waals surface area contributed by atoms with Gasteiger partial charge in [0.25, 0.3) is 5.56 Å². The lowest BCUT2D eigenvalue weighted by Crippen LogP contribution is -2.42. The van der Waals surface area contributed by atoms with Gasteiger partial charge in [0.15, 0.2) is 5.82 Å². The second-order valence-electron chi connectivity index (χ2n) is 9.21. The summed E-state index contributed by atoms with van der Waals surface area (Å²) in [7, 11) is 1.64. The highest BCUT2D eigenvalue weighted by Crippen LogP contribution is 2.34. The summed E-state index contributed by atoms with van der Waals surface area (Å²) < 4.78 is 7.47. The molecule has 1 aliphatic heterocycles. The van der Waals surface area contributed by atoms with Crippen LogP contribution < -0.4 is 16.2 Å². The topological polar surface area (TPSA) is 106 Å². The maximum atomic E-state index is 12.6. The molecule has 2 aromatic rings. The smallest absolute Gasteiger partial charge is 0.410 e. The van der Waals surface area contributed by atoms with Gasteiger partial charge >= 0.3 is 6.09 Å². The molecule has 182 valence electrons. The Morgan fingerprint density at radius 3 is 2.74 bits per heavy atom. The van der Waals surface area contributed by atoms with E-state index in [4.69, 9.17) is 4.74 Å². The molecule has 0 radical (unpaired) electrons. The van der Waals surface area contributed by atoms with Gasteiger partial charge in [0.2, 0.25) is 5.91 Å². The average Bonchev–Trinajstić information content (AvgIpc) is 2.76. The summed E-state index contributed by atoms with van der Waals surface area (Å²) in [6, 6.07) is 5.48. The fourth-order valence-electron chi connectivity index (χ4n) is 3.79. The molecule has 1 aromatic heterocycles. The lowest BCUT2D eigenvalue weighted by molar-refractivity contribution is -0.111. The van der Waals surface area contributed by atoms with Crippen molar-refractivity contribution in [3.8, 4) is 0 Å². The van der Waals surface area contributed by atoms with Crippen molar-refractivity contribution in [2.75, 3.05) is 23.7 Å². The largest absolute Gasteiger partial charge is 0.444 e. The van der Waals surface area contributed by atoms with Crippen LogP contribution in [0.25, 0.3) is 0 Å². The Morgan fingerprint density at radius 1 is 1.32 bits per heavy atom. The zero-order valence-electron chi connectivity index (χ0n) is 19.9.